The van der Waals surface area contributed by atoms with Crippen molar-refractivity contribution in [1.29, 1.82) is 0 Å². The maximum absolute atomic E-state index is 12.5. The van der Waals surface area contributed by atoms with Gasteiger partial charge >= 0.3 is 5.69 Å². The van der Waals surface area contributed by atoms with E-state index >= 15 is 0 Å². The number of hydrogen-bond donors (Lipinski definition) is 1. The van der Waals surface area contributed by atoms with Crippen LogP contribution in [0.15, 0.2) is 57.2 Å². The highest BCUT2D eigenvalue weighted by atomic mass is 32.2. The van der Waals surface area contributed by atoms with Crippen molar-refractivity contribution in [2.75, 3.05) is 11.1 Å². The number of anilines is 1. The molecule has 2 heterocycles. The average Bonchev–Trinajstić information content (AvgIpc) is 3.06. The number of fused-ring (bicyclic) bond motifs is 2. The summed E-state index contributed by atoms with van der Waals surface area (Å²) in [5.74, 6) is -0.0607. The molecule has 4 aromatic rings. The molecule has 0 unspecified atom stereocenters. The van der Waals surface area contributed by atoms with E-state index in [0.29, 0.717) is 10.8 Å². The zero-order valence-electron chi connectivity index (χ0n) is 16.2. The first kappa shape index (κ1) is 19.0. The minimum atomic E-state index is -0.453. The average molecular weight is 409 g/mol. The van der Waals surface area contributed by atoms with Crippen molar-refractivity contribution in [2.45, 2.75) is 5.16 Å². The number of rotatable bonds is 4. The summed E-state index contributed by atoms with van der Waals surface area (Å²) in [4.78, 5) is 41.4. The molecule has 0 saturated heterocycles. The molecule has 29 heavy (non-hydrogen) atoms. The molecule has 148 valence electrons. The highest BCUT2D eigenvalue weighted by Gasteiger charge is 2.18. The van der Waals surface area contributed by atoms with E-state index in [0.717, 1.165) is 21.0 Å². The van der Waals surface area contributed by atoms with Gasteiger partial charge in [0.05, 0.1) is 5.75 Å². The number of carbonyl (C=O) groups excluding carboxylic acids is 1. The van der Waals surface area contributed by atoms with Crippen LogP contribution >= 0.6 is 11.8 Å². The normalized spacial score (nSPS) is 11.3. The number of aromatic nitrogens is 4. The molecule has 0 spiro atoms. The molecular formula is C20H19N5O3S. The van der Waals surface area contributed by atoms with Crippen LogP contribution in [0.4, 0.5) is 5.69 Å². The van der Waals surface area contributed by atoms with Gasteiger partial charge in [-0.05, 0) is 11.5 Å². The quantitative estimate of drug-likeness (QED) is 0.520. The molecule has 2 aromatic carbocycles. The summed E-state index contributed by atoms with van der Waals surface area (Å²) in [5, 5.41) is 5.44. The second kappa shape index (κ2) is 7.25. The number of nitrogens with zero attached hydrogens (tertiary/aromatic N) is 4. The van der Waals surface area contributed by atoms with Gasteiger partial charge in [-0.1, -0.05) is 48.2 Å². The van der Waals surface area contributed by atoms with Crippen molar-refractivity contribution < 1.29 is 4.79 Å². The van der Waals surface area contributed by atoms with Gasteiger partial charge in [-0.2, -0.15) is 0 Å². The number of amides is 1. The van der Waals surface area contributed by atoms with E-state index in [1.807, 2.05) is 42.5 Å². The van der Waals surface area contributed by atoms with Crippen LogP contribution in [-0.4, -0.2) is 30.3 Å². The number of carbonyl (C=O) groups is 1. The molecule has 0 aliphatic heterocycles. The van der Waals surface area contributed by atoms with Gasteiger partial charge in [-0.15, -0.1) is 0 Å². The lowest BCUT2D eigenvalue weighted by Crippen LogP contribution is -2.37. The standard InChI is InChI=1S/C20H19N5O3S/c1-23-17-16(18(27)25(3)20(28)24(17)2)22-19(23)29-11-15(26)21-14-10-6-8-12-7-4-5-9-13(12)14/h4-10H,11H2,1-3H3,(H,21,26). The summed E-state index contributed by atoms with van der Waals surface area (Å²) in [6.07, 6.45) is 0. The maximum atomic E-state index is 12.5. The predicted octanol–water partition coefficient (Wildman–Crippen LogP) is 1.85. The number of thioether (sulfide) groups is 1. The first-order valence-corrected chi connectivity index (χ1v) is 9.90. The van der Waals surface area contributed by atoms with Gasteiger partial charge < -0.3 is 9.88 Å². The number of aryl methyl sites for hydroxylation is 2. The molecule has 0 radical (unpaired) electrons. The second-order valence-corrected chi connectivity index (χ2v) is 7.64. The highest BCUT2D eigenvalue weighted by Crippen LogP contribution is 2.24. The fraction of sp³-hybridized carbons (Fsp3) is 0.200. The SMILES string of the molecule is Cn1c(=O)c2nc(SCC(=O)Nc3cccc4ccccc34)n(C)c2n(C)c1=O. The lowest BCUT2D eigenvalue weighted by Gasteiger charge is -2.09. The predicted molar refractivity (Wildman–Crippen MR) is 114 cm³/mol. The zero-order valence-corrected chi connectivity index (χ0v) is 17.0. The van der Waals surface area contributed by atoms with E-state index < -0.39 is 11.2 Å². The number of benzene rings is 2. The molecule has 0 aliphatic carbocycles. The Hall–Kier alpha value is -3.33. The van der Waals surface area contributed by atoms with E-state index in [2.05, 4.69) is 10.3 Å². The summed E-state index contributed by atoms with van der Waals surface area (Å²) in [5.41, 5.74) is 0.501. The Labute approximate surface area is 169 Å². The van der Waals surface area contributed by atoms with E-state index in [9.17, 15) is 14.4 Å². The van der Waals surface area contributed by atoms with Crippen LogP contribution < -0.4 is 16.6 Å². The van der Waals surface area contributed by atoms with Gasteiger partial charge in [0.15, 0.2) is 16.3 Å². The molecule has 8 nitrogen and oxygen atoms in total. The summed E-state index contributed by atoms with van der Waals surface area (Å²) >= 11 is 1.21. The Bertz CT molecular complexity index is 1380. The van der Waals surface area contributed by atoms with E-state index in [1.165, 1.54) is 23.4 Å². The molecule has 0 aliphatic rings. The van der Waals surface area contributed by atoms with Crippen molar-refractivity contribution >= 4 is 45.3 Å². The smallest absolute Gasteiger partial charge is 0.325 e. The molecule has 2 aromatic heterocycles. The molecule has 1 amide bonds. The highest BCUT2D eigenvalue weighted by molar-refractivity contribution is 7.99. The van der Waals surface area contributed by atoms with Crippen LogP contribution in [0.2, 0.25) is 0 Å². The first-order valence-electron chi connectivity index (χ1n) is 8.91. The van der Waals surface area contributed by atoms with Gasteiger partial charge in [0.1, 0.15) is 0 Å². The largest absolute Gasteiger partial charge is 0.332 e. The molecular weight excluding hydrogens is 390 g/mol. The first-order chi connectivity index (χ1) is 13.9. The number of imidazole rings is 1. The van der Waals surface area contributed by atoms with Gasteiger partial charge in [0.25, 0.3) is 5.56 Å². The van der Waals surface area contributed by atoms with Crippen LogP contribution in [-0.2, 0) is 25.9 Å². The maximum Gasteiger partial charge on any atom is 0.332 e. The Balaban J connectivity index is 1.58. The molecule has 0 bridgehead atoms. The molecule has 0 atom stereocenters. The van der Waals surface area contributed by atoms with Crippen LogP contribution in [0.1, 0.15) is 0 Å². The lowest BCUT2D eigenvalue weighted by atomic mass is 10.1. The van der Waals surface area contributed by atoms with Crippen LogP contribution in [0, 0.1) is 0 Å². The third-order valence-electron chi connectivity index (χ3n) is 4.82. The van der Waals surface area contributed by atoms with Crippen molar-refractivity contribution in [3.8, 4) is 0 Å². The van der Waals surface area contributed by atoms with Crippen molar-refractivity contribution in [3.05, 3.63) is 63.3 Å². The third-order valence-corrected chi connectivity index (χ3v) is 5.85. The van der Waals surface area contributed by atoms with E-state index in [-0.39, 0.29) is 17.2 Å². The molecule has 0 fully saturated rings. The Morgan fingerprint density at radius 2 is 1.72 bits per heavy atom. The summed E-state index contributed by atoms with van der Waals surface area (Å²) in [7, 11) is 4.73. The van der Waals surface area contributed by atoms with Gasteiger partial charge in [-0.25, -0.2) is 9.78 Å². The summed E-state index contributed by atoms with van der Waals surface area (Å²) in [6.45, 7) is 0. The topological polar surface area (TPSA) is 90.9 Å². The minimum Gasteiger partial charge on any atom is -0.325 e. The molecule has 4 rings (SSSR count). The second-order valence-electron chi connectivity index (χ2n) is 6.69. The summed E-state index contributed by atoms with van der Waals surface area (Å²) < 4.78 is 4.06. The van der Waals surface area contributed by atoms with Crippen LogP contribution in [0.25, 0.3) is 21.9 Å². The number of hydrogen-bond acceptors (Lipinski definition) is 5. The van der Waals surface area contributed by atoms with Crippen molar-refractivity contribution in [3.63, 3.8) is 0 Å². The minimum absolute atomic E-state index is 0.120. The van der Waals surface area contributed by atoms with Gasteiger partial charge in [0.2, 0.25) is 5.91 Å². The van der Waals surface area contributed by atoms with E-state index in [4.69, 9.17) is 0 Å². The van der Waals surface area contributed by atoms with E-state index in [1.54, 1.807) is 18.7 Å². The monoisotopic (exact) mass is 409 g/mol. The summed E-state index contributed by atoms with van der Waals surface area (Å²) in [6, 6.07) is 13.6. The van der Waals surface area contributed by atoms with Crippen molar-refractivity contribution in [1.82, 2.24) is 18.7 Å². The Kier molecular flexibility index (Phi) is 4.75. The molecule has 0 saturated carbocycles. The molecule has 1 N–H and O–H groups in total. The number of nitrogens with one attached hydrogen (secondary N) is 1. The van der Waals surface area contributed by atoms with Crippen LogP contribution in [0.5, 0.6) is 0 Å². The van der Waals surface area contributed by atoms with Gasteiger partial charge in [0, 0.05) is 32.2 Å². The van der Waals surface area contributed by atoms with Crippen LogP contribution in [0.3, 0.4) is 0 Å². The zero-order chi connectivity index (χ0) is 20.7. The van der Waals surface area contributed by atoms with Crippen molar-refractivity contribution in [2.24, 2.45) is 21.1 Å². The third kappa shape index (κ3) is 3.23. The fourth-order valence-corrected chi connectivity index (χ4v) is 4.11. The fourth-order valence-electron chi connectivity index (χ4n) is 3.34. The molecule has 9 heteroatoms. The Morgan fingerprint density at radius 1 is 1.00 bits per heavy atom. The van der Waals surface area contributed by atoms with Gasteiger partial charge in [-0.3, -0.25) is 18.7 Å². The Morgan fingerprint density at radius 3 is 2.52 bits per heavy atom. The lowest BCUT2D eigenvalue weighted by molar-refractivity contribution is -0.113.